The van der Waals surface area contributed by atoms with Gasteiger partial charge in [0.05, 0.1) is 64.7 Å². The van der Waals surface area contributed by atoms with Crippen LogP contribution in [-0.4, -0.2) is 109 Å². The van der Waals surface area contributed by atoms with Gasteiger partial charge < -0.3 is 39.9 Å². The van der Waals surface area contributed by atoms with E-state index in [1.165, 1.54) is 14.2 Å². The number of aliphatic imine (C=N–C) groups is 1. The van der Waals surface area contributed by atoms with Crippen molar-refractivity contribution in [1.82, 2.24) is 45.4 Å². The number of thiazole rings is 1. The number of rotatable bonds is 9. The summed E-state index contributed by atoms with van der Waals surface area (Å²) in [6.07, 6.45) is 6.00. The number of alkyl carbamates (subject to hydrolysis) is 2. The Morgan fingerprint density at radius 2 is 1.45 bits per heavy atom. The maximum Gasteiger partial charge on any atom is 0.407 e. The lowest BCUT2D eigenvalue weighted by molar-refractivity contribution is -0.136. The van der Waals surface area contributed by atoms with Crippen molar-refractivity contribution < 1.29 is 28.7 Å². The third-order valence-corrected chi connectivity index (χ3v) is 13.5. The number of aromatic nitrogens is 5. The van der Waals surface area contributed by atoms with E-state index in [1.54, 1.807) is 23.1 Å². The molecule has 1 aromatic carbocycles. The Morgan fingerprint density at radius 3 is 2.04 bits per heavy atom. The summed E-state index contributed by atoms with van der Waals surface area (Å²) in [5, 5.41) is 7.05. The molecule has 3 aromatic heterocycles. The lowest BCUT2D eigenvalue weighted by atomic mass is 10.0. The number of fused-ring (bicyclic) bond motifs is 6. The summed E-state index contributed by atoms with van der Waals surface area (Å²) in [5.74, 6) is 0.902. The number of likely N-dealkylation sites (tertiary alicyclic amines) is 2. The van der Waals surface area contributed by atoms with Gasteiger partial charge in [-0.05, 0) is 55.7 Å². The Morgan fingerprint density at radius 1 is 0.839 bits per heavy atom. The van der Waals surface area contributed by atoms with Crippen molar-refractivity contribution in [3.63, 3.8) is 0 Å². The van der Waals surface area contributed by atoms with Gasteiger partial charge in [0.25, 0.3) is 0 Å². The number of imidazole rings is 2. The van der Waals surface area contributed by atoms with Crippen LogP contribution < -0.4 is 10.6 Å². The Kier molecular flexibility index (Phi) is 10.3. The zero-order valence-electron chi connectivity index (χ0n) is 32.1. The van der Waals surface area contributed by atoms with Crippen molar-refractivity contribution in [3.05, 3.63) is 46.3 Å². The number of amides is 4. The SMILES string of the molecule is COC(=O)N[C@H](C(=O)N1CCC[C@H]1c1nc2c([nH]1)C1SC(c3nc4ccc5[nH]c([C@@H]6CCCN6C(=O)[C@@H](NC(=O)OC)C(C)C)nc5c4s3)=NC1C=C2)C(C)C. The summed E-state index contributed by atoms with van der Waals surface area (Å²) in [6, 6.07) is 1.95. The molecule has 2 saturated heterocycles. The van der Waals surface area contributed by atoms with Crippen LogP contribution in [0.2, 0.25) is 0 Å². The van der Waals surface area contributed by atoms with E-state index in [4.69, 9.17) is 29.4 Å². The van der Waals surface area contributed by atoms with Gasteiger partial charge in [0.2, 0.25) is 11.8 Å². The highest BCUT2D eigenvalue weighted by molar-refractivity contribution is 8.15. The molecule has 2 unspecified atom stereocenters. The van der Waals surface area contributed by atoms with E-state index in [1.807, 2.05) is 55.7 Å². The first kappa shape index (κ1) is 37.9. The second kappa shape index (κ2) is 15.2. The van der Waals surface area contributed by atoms with Crippen molar-refractivity contribution >= 4 is 79.5 Å². The van der Waals surface area contributed by atoms with Crippen LogP contribution in [0, 0.1) is 11.8 Å². The van der Waals surface area contributed by atoms with E-state index >= 15 is 0 Å². The number of benzene rings is 1. The fourth-order valence-corrected chi connectivity index (χ4v) is 10.5. The predicted molar refractivity (Wildman–Crippen MR) is 213 cm³/mol. The van der Waals surface area contributed by atoms with Crippen molar-refractivity contribution in [3.8, 4) is 0 Å². The molecule has 1 aliphatic carbocycles. The van der Waals surface area contributed by atoms with Gasteiger partial charge in [-0.15, -0.1) is 11.3 Å². The number of carbonyl (C=O) groups is 4. The number of nitrogens with zero attached hydrogens (tertiary/aromatic N) is 6. The van der Waals surface area contributed by atoms with Crippen molar-refractivity contribution in [2.45, 2.75) is 88.8 Å². The molecule has 3 aliphatic heterocycles. The molecule has 8 rings (SSSR count). The second-order valence-electron chi connectivity index (χ2n) is 15.3. The molecule has 0 spiro atoms. The number of aromatic amines is 2. The molecule has 16 nitrogen and oxygen atoms in total. The molecule has 296 valence electrons. The standard InChI is InChI=1S/C38H46N10O6S2/c1-17(2)25(45-37(51)53-5)35(49)47-15-7-9-23(47)31-39-19-11-13-21-29(27(19)43-31)55-33(41-21)34-42-22-14-12-20-28(30(22)56-34)44-32(40-20)24-10-8-16-48(24)36(50)26(18(3)4)46-38(52)54-6/h11-14,17-18,21,23-26,29H,7-10,15-16H2,1-6H3,(H,39,43)(H,40,44)(H,45,51)(H,46,52)/t21?,23-,24-,25-,26-,29?/m0/s1. The lowest BCUT2D eigenvalue weighted by Gasteiger charge is -2.30. The summed E-state index contributed by atoms with van der Waals surface area (Å²) >= 11 is 3.21. The van der Waals surface area contributed by atoms with Gasteiger partial charge >= 0.3 is 12.2 Å². The Bertz CT molecular complexity index is 2260. The van der Waals surface area contributed by atoms with Gasteiger partial charge in [-0.3, -0.25) is 14.6 Å². The molecule has 0 saturated carbocycles. The van der Waals surface area contributed by atoms with Crippen LogP contribution in [-0.2, 0) is 19.1 Å². The molecule has 4 amide bonds. The highest BCUT2D eigenvalue weighted by Crippen LogP contribution is 2.48. The normalized spacial score (nSPS) is 22.8. The van der Waals surface area contributed by atoms with Crippen LogP contribution in [0.1, 0.15) is 98.8 Å². The van der Waals surface area contributed by atoms with Gasteiger partial charge in [-0.25, -0.2) is 24.5 Å². The van der Waals surface area contributed by atoms with Crippen LogP contribution in [0.5, 0.6) is 0 Å². The number of hydrogen-bond donors (Lipinski definition) is 4. The zero-order valence-corrected chi connectivity index (χ0v) is 33.8. The van der Waals surface area contributed by atoms with E-state index in [2.05, 4.69) is 26.7 Å². The van der Waals surface area contributed by atoms with Crippen LogP contribution >= 0.6 is 23.1 Å². The van der Waals surface area contributed by atoms with Gasteiger partial charge in [0.1, 0.15) is 39.3 Å². The average molecular weight is 803 g/mol. The van der Waals surface area contributed by atoms with Gasteiger partial charge in [-0.1, -0.05) is 45.5 Å². The third kappa shape index (κ3) is 6.79. The second-order valence-corrected chi connectivity index (χ2v) is 17.4. The number of H-pyrrole nitrogens is 2. The topological polar surface area (TPSA) is 200 Å². The highest BCUT2D eigenvalue weighted by atomic mass is 32.2. The summed E-state index contributed by atoms with van der Waals surface area (Å²) in [6.45, 7) is 8.76. The minimum atomic E-state index is -0.711. The third-order valence-electron chi connectivity index (χ3n) is 11.0. The minimum absolute atomic E-state index is 0.0283. The van der Waals surface area contributed by atoms with Crippen molar-refractivity contribution in [1.29, 1.82) is 0 Å². The van der Waals surface area contributed by atoms with Gasteiger partial charge in [0, 0.05) is 13.1 Å². The number of carbonyl (C=O) groups excluding carboxylic acids is 4. The summed E-state index contributed by atoms with van der Waals surface area (Å²) in [7, 11) is 2.58. The summed E-state index contributed by atoms with van der Waals surface area (Å²) in [5.41, 5.74) is 4.30. The van der Waals surface area contributed by atoms with Crippen LogP contribution in [0.25, 0.3) is 27.3 Å². The average Bonchev–Trinajstić information content (AvgIpc) is 4.03. The predicted octanol–water partition coefficient (Wildman–Crippen LogP) is 5.61. The Balaban J connectivity index is 1.01. The maximum atomic E-state index is 13.7. The van der Waals surface area contributed by atoms with E-state index < -0.39 is 24.3 Å². The van der Waals surface area contributed by atoms with Crippen LogP contribution in [0.15, 0.2) is 23.2 Å². The molecule has 18 heteroatoms. The molecule has 4 aliphatic rings. The van der Waals surface area contributed by atoms with Gasteiger partial charge in [-0.2, -0.15) is 0 Å². The molecule has 56 heavy (non-hydrogen) atoms. The van der Waals surface area contributed by atoms with Crippen LogP contribution in [0.4, 0.5) is 9.59 Å². The van der Waals surface area contributed by atoms with E-state index in [-0.39, 0.29) is 47.0 Å². The fraction of sp³-hybridized carbons (Fsp3) is 0.526. The molecule has 2 fully saturated rings. The lowest BCUT2D eigenvalue weighted by Crippen LogP contribution is -2.51. The van der Waals surface area contributed by atoms with E-state index in [0.717, 1.165) is 74.2 Å². The van der Waals surface area contributed by atoms with Gasteiger partial charge in [0.15, 0.2) is 0 Å². The summed E-state index contributed by atoms with van der Waals surface area (Å²) < 4.78 is 10.5. The molecule has 4 N–H and O–H groups in total. The molecular formula is C38H46N10O6S2. The smallest absolute Gasteiger partial charge is 0.407 e. The first-order valence-electron chi connectivity index (χ1n) is 19.1. The van der Waals surface area contributed by atoms with Crippen LogP contribution in [0.3, 0.4) is 0 Å². The molecule has 4 aromatic rings. The molecular weight excluding hydrogens is 757 g/mol. The largest absolute Gasteiger partial charge is 0.453 e. The Hall–Kier alpha value is -4.97. The highest BCUT2D eigenvalue weighted by Gasteiger charge is 2.42. The quantitative estimate of drug-likeness (QED) is 0.165. The minimum Gasteiger partial charge on any atom is -0.453 e. The maximum absolute atomic E-state index is 13.7. The first-order valence-corrected chi connectivity index (χ1v) is 20.8. The Labute approximate surface area is 331 Å². The van der Waals surface area contributed by atoms with E-state index in [0.29, 0.717) is 18.9 Å². The number of thioether (sulfide) groups is 1. The number of methoxy groups -OCH3 is 2. The number of nitrogens with one attached hydrogen (secondary N) is 4. The zero-order chi connectivity index (χ0) is 39.4. The molecule has 0 radical (unpaired) electrons. The monoisotopic (exact) mass is 802 g/mol. The molecule has 0 bridgehead atoms. The van der Waals surface area contributed by atoms with Crippen molar-refractivity contribution in [2.75, 3.05) is 27.3 Å². The van der Waals surface area contributed by atoms with E-state index in [9.17, 15) is 19.2 Å². The molecule has 6 heterocycles. The number of hydrogen-bond acceptors (Lipinski definition) is 12. The summed E-state index contributed by atoms with van der Waals surface area (Å²) in [4.78, 5) is 82.4. The molecule has 6 atom stereocenters. The fourth-order valence-electron chi connectivity index (χ4n) is 8.13. The number of ether oxygens (including phenoxy) is 2. The van der Waals surface area contributed by atoms with Crippen molar-refractivity contribution in [2.24, 2.45) is 16.8 Å². The first-order chi connectivity index (χ1) is 26.9.